The molecule has 0 spiro atoms. The average Bonchev–Trinajstić information content (AvgIpc) is 2.90. The number of hydrogen-bond donors (Lipinski definition) is 0. The van der Waals surface area contributed by atoms with Gasteiger partial charge in [0.25, 0.3) is 11.8 Å². The summed E-state index contributed by atoms with van der Waals surface area (Å²) in [6.45, 7) is 13.0. The van der Waals surface area contributed by atoms with Gasteiger partial charge in [0.2, 0.25) is 0 Å². The Morgan fingerprint density at radius 2 is 1.57 bits per heavy atom. The fraction of sp³-hybridized carbons (Fsp3) is 0.762. The van der Waals surface area contributed by atoms with Gasteiger partial charge in [-0.05, 0) is 59.8 Å². The van der Waals surface area contributed by atoms with E-state index in [0.29, 0.717) is 31.1 Å². The minimum Gasteiger partial charge on any atom is -0.375 e. The SMILES string of the molecule is C=CCCCOC(C)(C)CCOC(C)(C)CCCC(=O)ON1C(=O)CCC1=O. The quantitative estimate of drug-likeness (QED) is 0.252. The highest BCUT2D eigenvalue weighted by molar-refractivity contribution is 6.01. The molecule has 0 bridgehead atoms. The van der Waals surface area contributed by atoms with Gasteiger partial charge in [-0.3, -0.25) is 9.59 Å². The molecule has 0 aliphatic carbocycles. The number of amides is 2. The van der Waals surface area contributed by atoms with Crippen LogP contribution in [0.1, 0.15) is 79.1 Å². The number of hydrogen-bond acceptors (Lipinski definition) is 6. The number of carbonyl (C=O) groups excluding carboxylic acids is 3. The zero-order valence-electron chi connectivity index (χ0n) is 17.8. The van der Waals surface area contributed by atoms with Crippen molar-refractivity contribution in [1.82, 2.24) is 5.06 Å². The second-order valence-electron chi connectivity index (χ2n) is 8.30. The minimum absolute atomic E-state index is 0.0985. The molecule has 0 aromatic heterocycles. The van der Waals surface area contributed by atoms with Crippen molar-refractivity contribution >= 4 is 17.8 Å². The summed E-state index contributed by atoms with van der Waals surface area (Å²) in [5.41, 5.74) is -0.645. The third-order valence-corrected chi connectivity index (χ3v) is 4.60. The van der Waals surface area contributed by atoms with Gasteiger partial charge in [0.05, 0.1) is 17.8 Å². The van der Waals surface area contributed by atoms with Crippen LogP contribution in [-0.4, -0.2) is 47.3 Å². The monoisotopic (exact) mass is 397 g/mol. The first-order valence-corrected chi connectivity index (χ1v) is 10.0. The third kappa shape index (κ3) is 9.46. The third-order valence-electron chi connectivity index (χ3n) is 4.60. The van der Waals surface area contributed by atoms with Gasteiger partial charge in [-0.1, -0.05) is 6.08 Å². The summed E-state index contributed by atoms with van der Waals surface area (Å²) in [5, 5.41) is 0.584. The van der Waals surface area contributed by atoms with Crippen LogP contribution in [0.3, 0.4) is 0 Å². The van der Waals surface area contributed by atoms with E-state index in [2.05, 4.69) is 6.58 Å². The van der Waals surface area contributed by atoms with Crippen molar-refractivity contribution in [2.24, 2.45) is 0 Å². The lowest BCUT2D eigenvalue weighted by Crippen LogP contribution is -2.32. The zero-order valence-corrected chi connectivity index (χ0v) is 17.8. The summed E-state index contributed by atoms with van der Waals surface area (Å²) in [7, 11) is 0. The van der Waals surface area contributed by atoms with Gasteiger partial charge in [-0.2, -0.15) is 0 Å². The molecule has 7 heteroatoms. The molecule has 1 heterocycles. The molecule has 0 atom stereocenters. The molecule has 160 valence electrons. The van der Waals surface area contributed by atoms with Gasteiger partial charge in [0.1, 0.15) is 0 Å². The van der Waals surface area contributed by atoms with Crippen LogP contribution in [0.2, 0.25) is 0 Å². The summed E-state index contributed by atoms with van der Waals surface area (Å²) in [6, 6.07) is 0. The largest absolute Gasteiger partial charge is 0.375 e. The van der Waals surface area contributed by atoms with Crippen LogP contribution in [-0.2, 0) is 28.7 Å². The van der Waals surface area contributed by atoms with E-state index in [-0.39, 0.29) is 24.9 Å². The topological polar surface area (TPSA) is 82.1 Å². The molecule has 0 saturated carbocycles. The number of allylic oxidation sites excluding steroid dienone is 1. The predicted molar refractivity (Wildman–Crippen MR) is 105 cm³/mol. The number of imide groups is 1. The Balaban J connectivity index is 2.22. The van der Waals surface area contributed by atoms with E-state index in [1.165, 1.54) is 0 Å². The molecular formula is C21H35NO6. The van der Waals surface area contributed by atoms with E-state index in [4.69, 9.17) is 14.3 Å². The van der Waals surface area contributed by atoms with Gasteiger partial charge >= 0.3 is 5.97 Å². The Labute approximate surface area is 168 Å². The first kappa shape index (κ1) is 24.3. The predicted octanol–water partition coefficient (Wildman–Crippen LogP) is 3.71. The number of unbranched alkanes of at least 4 members (excludes halogenated alkanes) is 1. The zero-order chi connectivity index (χ0) is 21.2. The molecule has 2 amide bonds. The second kappa shape index (κ2) is 11.3. The maximum Gasteiger partial charge on any atom is 0.333 e. The summed E-state index contributed by atoms with van der Waals surface area (Å²) in [5.74, 6) is -1.50. The molecule has 7 nitrogen and oxygen atoms in total. The lowest BCUT2D eigenvalue weighted by atomic mass is 10.0. The Hall–Kier alpha value is -1.73. The van der Waals surface area contributed by atoms with E-state index < -0.39 is 23.4 Å². The summed E-state index contributed by atoms with van der Waals surface area (Å²) >= 11 is 0. The van der Waals surface area contributed by atoms with Crippen molar-refractivity contribution < 1.29 is 28.7 Å². The van der Waals surface area contributed by atoms with Crippen molar-refractivity contribution in [3.05, 3.63) is 12.7 Å². The second-order valence-corrected chi connectivity index (χ2v) is 8.30. The van der Waals surface area contributed by atoms with E-state index in [9.17, 15) is 14.4 Å². The molecule has 28 heavy (non-hydrogen) atoms. The Bertz CT molecular complexity index is 539. The first-order valence-electron chi connectivity index (χ1n) is 10.0. The number of rotatable bonds is 14. The first-order chi connectivity index (χ1) is 13.1. The van der Waals surface area contributed by atoms with E-state index >= 15 is 0 Å². The van der Waals surface area contributed by atoms with Crippen LogP contribution in [0, 0.1) is 0 Å². The Kier molecular flexibility index (Phi) is 9.82. The number of nitrogens with zero attached hydrogens (tertiary/aromatic N) is 1. The van der Waals surface area contributed by atoms with E-state index in [0.717, 1.165) is 19.3 Å². The van der Waals surface area contributed by atoms with Crippen molar-refractivity contribution in [3.8, 4) is 0 Å². The molecule has 0 N–H and O–H groups in total. The fourth-order valence-corrected chi connectivity index (χ4v) is 2.76. The highest BCUT2D eigenvalue weighted by Gasteiger charge is 2.32. The van der Waals surface area contributed by atoms with Gasteiger partial charge < -0.3 is 14.3 Å². The molecule has 1 aliphatic rings. The highest BCUT2D eigenvalue weighted by atomic mass is 16.7. The molecular weight excluding hydrogens is 362 g/mol. The molecule has 1 aliphatic heterocycles. The summed E-state index contributed by atoms with van der Waals surface area (Å²) in [4.78, 5) is 39.6. The molecule has 0 aromatic rings. The van der Waals surface area contributed by atoms with Gasteiger partial charge in [-0.25, -0.2) is 4.79 Å². The van der Waals surface area contributed by atoms with Crippen LogP contribution in [0.4, 0.5) is 0 Å². The smallest absolute Gasteiger partial charge is 0.333 e. The summed E-state index contributed by atoms with van der Waals surface area (Å²) < 4.78 is 11.9. The molecule has 0 radical (unpaired) electrons. The van der Waals surface area contributed by atoms with Crippen molar-refractivity contribution in [3.63, 3.8) is 0 Å². The summed E-state index contributed by atoms with van der Waals surface area (Å²) in [6.07, 6.45) is 6.09. The lowest BCUT2D eigenvalue weighted by molar-refractivity contribution is -0.197. The van der Waals surface area contributed by atoms with Crippen molar-refractivity contribution in [2.45, 2.75) is 90.3 Å². The van der Waals surface area contributed by atoms with Crippen molar-refractivity contribution in [1.29, 1.82) is 0 Å². The number of hydroxylamine groups is 2. The fourth-order valence-electron chi connectivity index (χ4n) is 2.76. The Morgan fingerprint density at radius 3 is 2.18 bits per heavy atom. The van der Waals surface area contributed by atoms with Crippen LogP contribution in [0.25, 0.3) is 0 Å². The maximum absolute atomic E-state index is 11.8. The molecule has 1 saturated heterocycles. The molecule has 0 unspecified atom stereocenters. The van der Waals surface area contributed by atoms with Crippen molar-refractivity contribution in [2.75, 3.05) is 13.2 Å². The van der Waals surface area contributed by atoms with Gasteiger partial charge in [-0.15, -0.1) is 11.6 Å². The van der Waals surface area contributed by atoms with Gasteiger partial charge in [0, 0.05) is 25.9 Å². The number of carbonyl (C=O) groups is 3. The van der Waals surface area contributed by atoms with Crippen LogP contribution in [0.15, 0.2) is 12.7 Å². The van der Waals surface area contributed by atoms with Crippen LogP contribution in [0.5, 0.6) is 0 Å². The van der Waals surface area contributed by atoms with E-state index in [1.807, 2.05) is 33.8 Å². The Morgan fingerprint density at radius 1 is 1.00 bits per heavy atom. The molecule has 0 aromatic carbocycles. The normalized spacial score (nSPS) is 15.2. The minimum atomic E-state index is -0.576. The lowest BCUT2D eigenvalue weighted by Gasteiger charge is -2.30. The highest BCUT2D eigenvalue weighted by Crippen LogP contribution is 2.22. The van der Waals surface area contributed by atoms with Crippen LogP contribution < -0.4 is 0 Å². The number of ether oxygens (including phenoxy) is 2. The maximum atomic E-state index is 11.8. The van der Waals surface area contributed by atoms with Gasteiger partial charge in [0.15, 0.2) is 0 Å². The molecule has 1 fully saturated rings. The standard InChI is InChI=1S/C21H35NO6/c1-6-7-8-15-26-21(4,5)14-16-27-20(2,3)13-9-10-19(25)28-22-17(23)11-12-18(22)24/h6H,1,7-16H2,2-5H3. The van der Waals surface area contributed by atoms with E-state index in [1.54, 1.807) is 0 Å². The molecule has 1 rings (SSSR count). The van der Waals surface area contributed by atoms with Crippen LogP contribution >= 0.6 is 0 Å². The average molecular weight is 398 g/mol.